The summed E-state index contributed by atoms with van der Waals surface area (Å²) in [5, 5.41) is 11.0. The van der Waals surface area contributed by atoms with Crippen molar-refractivity contribution in [3.05, 3.63) is 69.4 Å². The Morgan fingerprint density at radius 1 is 1.15 bits per heavy atom. The van der Waals surface area contributed by atoms with Gasteiger partial charge in [0.2, 0.25) is 5.90 Å². The summed E-state index contributed by atoms with van der Waals surface area (Å²) in [5.41, 5.74) is 0.836. The maximum absolute atomic E-state index is 12.1. The molecule has 0 aliphatic carbocycles. The molecule has 0 saturated heterocycles. The van der Waals surface area contributed by atoms with Crippen LogP contribution in [0.1, 0.15) is 11.1 Å². The molecule has 0 atom stereocenters. The Bertz CT molecular complexity index is 948. The van der Waals surface area contributed by atoms with Crippen LogP contribution in [-0.4, -0.2) is 31.0 Å². The lowest BCUT2D eigenvalue weighted by Gasteiger charge is -2.06. The molecule has 132 valence electrons. The van der Waals surface area contributed by atoms with Crippen molar-refractivity contribution in [3.8, 4) is 11.5 Å². The van der Waals surface area contributed by atoms with Crippen LogP contribution in [0, 0.1) is 10.1 Å². The lowest BCUT2D eigenvalue weighted by molar-refractivity contribution is -0.384. The Hall–Kier alpha value is -3.68. The van der Waals surface area contributed by atoms with Gasteiger partial charge in [-0.25, -0.2) is 9.79 Å². The maximum atomic E-state index is 12.1. The van der Waals surface area contributed by atoms with Crippen molar-refractivity contribution in [2.75, 3.05) is 14.2 Å². The second-order valence-corrected chi connectivity index (χ2v) is 5.25. The van der Waals surface area contributed by atoms with Crippen molar-refractivity contribution in [1.29, 1.82) is 0 Å². The van der Waals surface area contributed by atoms with E-state index < -0.39 is 10.9 Å². The topological polar surface area (TPSA) is 100 Å². The second-order valence-electron chi connectivity index (χ2n) is 5.25. The van der Waals surface area contributed by atoms with Gasteiger partial charge in [-0.15, -0.1) is 0 Å². The third-order valence-corrected chi connectivity index (χ3v) is 3.64. The van der Waals surface area contributed by atoms with Gasteiger partial charge < -0.3 is 14.2 Å². The number of methoxy groups -OCH3 is 2. The molecule has 0 unspecified atom stereocenters. The van der Waals surface area contributed by atoms with Gasteiger partial charge in [0.05, 0.1) is 24.7 Å². The van der Waals surface area contributed by atoms with E-state index in [4.69, 9.17) is 14.2 Å². The zero-order valence-corrected chi connectivity index (χ0v) is 14.0. The van der Waals surface area contributed by atoms with E-state index in [2.05, 4.69) is 4.99 Å². The van der Waals surface area contributed by atoms with E-state index in [1.807, 2.05) is 0 Å². The highest BCUT2D eigenvalue weighted by atomic mass is 16.6. The van der Waals surface area contributed by atoms with Crippen molar-refractivity contribution in [2.24, 2.45) is 4.99 Å². The van der Waals surface area contributed by atoms with Gasteiger partial charge in [0, 0.05) is 12.1 Å². The van der Waals surface area contributed by atoms with Gasteiger partial charge in [-0.1, -0.05) is 12.1 Å². The predicted molar refractivity (Wildman–Crippen MR) is 93.2 cm³/mol. The number of ether oxygens (including phenoxy) is 3. The number of benzene rings is 2. The first kappa shape index (κ1) is 17.2. The molecule has 8 nitrogen and oxygen atoms in total. The van der Waals surface area contributed by atoms with Crippen molar-refractivity contribution in [1.82, 2.24) is 0 Å². The number of nitrogens with zero attached hydrogens (tertiary/aromatic N) is 2. The summed E-state index contributed by atoms with van der Waals surface area (Å²) >= 11 is 0. The molecule has 0 saturated carbocycles. The molecule has 0 bridgehead atoms. The lowest BCUT2D eigenvalue weighted by Crippen LogP contribution is -2.07. The van der Waals surface area contributed by atoms with E-state index in [0.29, 0.717) is 17.1 Å². The van der Waals surface area contributed by atoms with Crippen LogP contribution in [0.3, 0.4) is 0 Å². The number of rotatable bonds is 5. The lowest BCUT2D eigenvalue weighted by atomic mass is 10.1. The van der Waals surface area contributed by atoms with Gasteiger partial charge in [-0.2, -0.15) is 0 Å². The molecule has 2 aromatic rings. The highest BCUT2D eigenvalue weighted by Gasteiger charge is 2.27. The quantitative estimate of drug-likeness (QED) is 0.354. The minimum atomic E-state index is -0.656. The number of nitro groups is 1. The van der Waals surface area contributed by atoms with Crippen molar-refractivity contribution >= 4 is 23.6 Å². The fourth-order valence-corrected chi connectivity index (χ4v) is 2.39. The molecule has 0 radical (unpaired) electrons. The molecular weight excluding hydrogens is 340 g/mol. The van der Waals surface area contributed by atoms with E-state index in [1.54, 1.807) is 37.5 Å². The van der Waals surface area contributed by atoms with Crippen LogP contribution < -0.4 is 9.47 Å². The van der Waals surface area contributed by atoms with Gasteiger partial charge in [0.15, 0.2) is 5.70 Å². The zero-order chi connectivity index (χ0) is 18.7. The largest absolute Gasteiger partial charge is 0.497 e. The smallest absolute Gasteiger partial charge is 0.363 e. The van der Waals surface area contributed by atoms with Gasteiger partial charge >= 0.3 is 5.97 Å². The number of carbonyl (C=O) groups excluding carboxylic acids is 1. The summed E-state index contributed by atoms with van der Waals surface area (Å²) in [4.78, 5) is 26.7. The van der Waals surface area contributed by atoms with Crippen molar-refractivity contribution in [3.63, 3.8) is 0 Å². The first-order valence-corrected chi connectivity index (χ1v) is 7.51. The summed E-state index contributed by atoms with van der Waals surface area (Å²) in [6.07, 6.45) is 1.54. The third kappa shape index (κ3) is 3.39. The molecule has 0 N–H and O–H groups in total. The van der Waals surface area contributed by atoms with E-state index in [1.165, 1.54) is 25.3 Å². The molecule has 0 aromatic heterocycles. The summed E-state index contributed by atoms with van der Waals surface area (Å²) in [6, 6.07) is 11.0. The van der Waals surface area contributed by atoms with Gasteiger partial charge in [0.1, 0.15) is 11.5 Å². The second kappa shape index (κ2) is 7.06. The fraction of sp³-hybridized carbons (Fsp3) is 0.111. The number of nitro benzene ring substituents is 1. The molecule has 0 spiro atoms. The van der Waals surface area contributed by atoms with E-state index >= 15 is 0 Å². The molecule has 3 rings (SSSR count). The highest BCUT2D eigenvalue weighted by molar-refractivity contribution is 6.14. The van der Waals surface area contributed by atoms with Crippen LogP contribution in [-0.2, 0) is 9.53 Å². The van der Waals surface area contributed by atoms with E-state index in [-0.39, 0.29) is 22.8 Å². The maximum Gasteiger partial charge on any atom is 0.363 e. The standard InChI is InChI=1S/C18H14N2O6/c1-24-13-5-3-4-11(8-13)9-15-18(21)26-17(19-15)14-10-12(20(22)23)6-7-16(14)25-2/h3-10H,1-2H3/b15-9+. The molecule has 26 heavy (non-hydrogen) atoms. The normalized spacial score (nSPS) is 14.8. The molecular formula is C18H14N2O6. The molecule has 1 aliphatic heterocycles. The average Bonchev–Trinajstić information content (AvgIpc) is 3.01. The number of hydrogen-bond acceptors (Lipinski definition) is 7. The van der Waals surface area contributed by atoms with Crippen LogP contribution in [0.5, 0.6) is 11.5 Å². The Morgan fingerprint density at radius 2 is 1.96 bits per heavy atom. The number of cyclic esters (lactones) is 1. The zero-order valence-electron chi connectivity index (χ0n) is 14.0. The Balaban J connectivity index is 2.01. The first-order chi connectivity index (χ1) is 12.5. The summed E-state index contributed by atoms with van der Waals surface area (Å²) < 4.78 is 15.5. The Labute approximate surface area is 148 Å². The fourth-order valence-electron chi connectivity index (χ4n) is 2.39. The molecule has 0 amide bonds. The molecule has 1 heterocycles. The van der Waals surface area contributed by atoms with E-state index in [0.717, 1.165) is 0 Å². The molecule has 1 aliphatic rings. The Morgan fingerprint density at radius 3 is 2.65 bits per heavy atom. The summed E-state index contributed by atoms with van der Waals surface area (Å²) in [6.45, 7) is 0. The summed E-state index contributed by atoms with van der Waals surface area (Å²) in [5.74, 6) is 0.237. The number of carbonyl (C=O) groups is 1. The van der Waals surface area contributed by atoms with Gasteiger partial charge in [-0.3, -0.25) is 10.1 Å². The van der Waals surface area contributed by atoms with Crippen LogP contribution in [0.4, 0.5) is 5.69 Å². The first-order valence-electron chi connectivity index (χ1n) is 7.51. The summed E-state index contributed by atoms with van der Waals surface area (Å²) in [7, 11) is 2.95. The van der Waals surface area contributed by atoms with E-state index in [9.17, 15) is 14.9 Å². The SMILES string of the molecule is COc1cccc(/C=C2/N=C(c3cc([N+](=O)[O-])ccc3OC)OC2=O)c1. The monoisotopic (exact) mass is 354 g/mol. The number of hydrogen-bond donors (Lipinski definition) is 0. The number of non-ortho nitro benzene ring substituents is 1. The van der Waals surface area contributed by atoms with Crippen LogP contribution in [0.15, 0.2) is 53.2 Å². The Kier molecular flexibility index (Phi) is 4.66. The molecule has 0 fully saturated rings. The van der Waals surface area contributed by atoms with Crippen LogP contribution in [0.2, 0.25) is 0 Å². The number of aliphatic imine (C=N–C) groups is 1. The van der Waals surface area contributed by atoms with Crippen molar-refractivity contribution in [2.45, 2.75) is 0 Å². The van der Waals surface area contributed by atoms with Crippen LogP contribution in [0.25, 0.3) is 6.08 Å². The number of esters is 1. The van der Waals surface area contributed by atoms with Gasteiger partial charge in [0.25, 0.3) is 5.69 Å². The van der Waals surface area contributed by atoms with Crippen LogP contribution >= 0.6 is 0 Å². The predicted octanol–water partition coefficient (Wildman–Crippen LogP) is 2.96. The van der Waals surface area contributed by atoms with Crippen molar-refractivity contribution < 1.29 is 23.9 Å². The highest BCUT2D eigenvalue weighted by Crippen LogP contribution is 2.29. The molecule has 2 aromatic carbocycles. The molecule has 8 heteroatoms. The minimum absolute atomic E-state index is 0.0512. The third-order valence-electron chi connectivity index (χ3n) is 3.64. The van der Waals surface area contributed by atoms with Gasteiger partial charge in [-0.05, 0) is 29.8 Å². The minimum Gasteiger partial charge on any atom is -0.497 e. The average molecular weight is 354 g/mol.